The fraction of sp³-hybridized carbons (Fsp3) is 0.900. The van der Waals surface area contributed by atoms with Crippen LogP contribution in [0.3, 0.4) is 0 Å². The zero-order chi connectivity index (χ0) is 17.3. The van der Waals surface area contributed by atoms with E-state index >= 15 is 0 Å². The lowest BCUT2D eigenvalue weighted by atomic mass is 9.49. The number of nitrogens with one attached hydrogen (secondary N) is 1. The van der Waals surface area contributed by atoms with Crippen LogP contribution in [0, 0.1) is 23.2 Å². The first-order chi connectivity index (χ1) is 11.4. The van der Waals surface area contributed by atoms with Gasteiger partial charge in [-0.05, 0) is 82.0 Å². The zero-order valence-electron chi connectivity index (χ0n) is 15.6. The van der Waals surface area contributed by atoms with Crippen molar-refractivity contribution in [2.75, 3.05) is 13.6 Å². The van der Waals surface area contributed by atoms with Crippen LogP contribution in [0.5, 0.6) is 0 Å². The molecule has 4 aliphatic rings. The van der Waals surface area contributed by atoms with E-state index in [1.807, 2.05) is 4.90 Å². The lowest BCUT2D eigenvalue weighted by Gasteiger charge is -2.57. The summed E-state index contributed by atoms with van der Waals surface area (Å²) < 4.78 is 0. The molecule has 0 spiro atoms. The van der Waals surface area contributed by atoms with Gasteiger partial charge in [-0.2, -0.15) is 0 Å². The number of hydrogen-bond acceptors (Lipinski definition) is 2. The quantitative estimate of drug-likeness (QED) is 0.776. The molecule has 4 saturated carbocycles. The molecule has 0 heterocycles. The number of carbonyl (C=O) groups is 2. The molecule has 4 aliphatic carbocycles. The molecule has 4 bridgehead atoms. The molecule has 4 rings (SSSR count). The normalized spacial score (nSPS) is 33.8. The molecule has 0 aromatic rings. The number of rotatable bonds is 7. The maximum absolute atomic E-state index is 13.0. The highest BCUT2D eigenvalue weighted by Crippen LogP contribution is 2.61. The summed E-state index contributed by atoms with van der Waals surface area (Å²) in [5.74, 6) is 3.07. The largest absolute Gasteiger partial charge is 0.359 e. The molecule has 0 aromatic heterocycles. The second-order valence-electron chi connectivity index (χ2n) is 9.05. The van der Waals surface area contributed by atoms with Gasteiger partial charge < -0.3 is 10.2 Å². The molecule has 4 nitrogen and oxygen atoms in total. The van der Waals surface area contributed by atoms with Crippen molar-refractivity contribution in [1.29, 1.82) is 0 Å². The highest BCUT2D eigenvalue weighted by atomic mass is 16.2. The van der Waals surface area contributed by atoms with E-state index in [2.05, 4.69) is 19.2 Å². The van der Waals surface area contributed by atoms with E-state index in [0.29, 0.717) is 24.3 Å². The molecule has 0 unspecified atom stereocenters. The van der Waals surface area contributed by atoms with E-state index < -0.39 is 0 Å². The molecule has 0 saturated heterocycles. The van der Waals surface area contributed by atoms with Crippen molar-refractivity contribution >= 4 is 11.8 Å². The molecule has 0 aliphatic heterocycles. The Kier molecular flexibility index (Phi) is 5.22. The average molecular weight is 335 g/mol. The maximum Gasteiger partial charge on any atom is 0.223 e. The van der Waals surface area contributed by atoms with E-state index in [9.17, 15) is 9.59 Å². The highest BCUT2D eigenvalue weighted by Gasteiger charge is 2.51. The van der Waals surface area contributed by atoms with Gasteiger partial charge in [0.1, 0.15) is 0 Å². The fourth-order valence-corrected chi connectivity index (χ4v) is 6.13. The zero-order valence-corrected chi connectivity index (χ0v) is 15.6. The molecular formula is C20H34N2O2. The first-order valence-corrected chi connectivity index (χ1v) is 9.91. The molecule has 2 amide bonds. The molecular weight excluding hydrogens is 300 g/mol. The third kappa shape index (κ3) is 3.78. The van der Waals surface area contributed by atoms with Crippen LogP contribution in [0.1, 0.15) is 71.6 Å². The van der Waals surface area contributed by atoms with Crippen molar-refractivity contribution in [3.05, 3.63) is 0 Å². The lowest BCUT2D eigenvalue weighted by Crippen LogP contribution is -2.49. The topological polar surface area (TPSA) is 49.4 Å². The van der Waals surface area contributed by atoms with Crippen molar-refractivity contribution in [1.82, 2.24) is 10.2 Å². The highest BCUT2D eigenvalue weighted by molar-refractivity contribution is 5.78. The Balaban J connectivity index is 1.58. The van der Waals surface area contributed by atoms with Gasteiger partial charge in [-0.15, -0.1) is 0 Å². The average Bonchev–Trinajstić information content (AvgIpc) is 2.48. The number of carbonyl (C=O) groups excluding carboxylic acids is 2. The molecule has 0 aromatic carbocycles. The van der Waals surface area contributed by atoms with Crippen molar-refractivity contribution in [3.8, 4) is 0 Å². The summed E-state index contributed by atoms with van der Waals surface area (Å²) in [4.78, 5) is 26.5. The summed E-state index contributed by atoms with van der Waals surface area (Å²) in [6, 6.07) is 0.219. The Morgan fingerprint density at radius 3 is 2.08 bits per heavy atom. The number of nitrogens with zero attached hydrogens (tertiary/aromatic N) is 1. The van der Waals surface area contributed by atoms with Crippen LogP contribution in [-0.2, 0) is 9.59 Å². The smallest absolute Gasteiger partial charge is 0.223 e. The lowest BCUT2D eigenvalue weighted by molar-refractivity contribution is -0.141. The summed E-state index contributed by atoms with van der Waals surface area (Å²) >= 11 is 0. The summed E-state index contributed by atoms with van der Waals surface area (Å²) in [5, 5.41) is 2.66. The second-order valence-corrected chi connectivity index (χ2v) is 9.05. The maximum atomic E-state index is 13.0. The Morgan fingerprint density at radius 1 is 1.08 bits per heavy atom. The van der Waals surface area contributed by atoms with Gasteiger partial charge in [0.05, 0.1) is 0 Å². The Bertz CT molecular complexity index is 451. The summed E-state index contributed by atoms with van der Waals surface area (Å²) in [5.41, 5.74) is 0.305. The van der Waals surface area contributed by atoms with Gasteiger partial charge in [0.2, 0.25) is 11.8 Å². The predicted molar refractivity (Wildman–Crippen MR) is 95.4 cm³/mol. The third-order valence-electron chi connectivity index (χ3n) is 6.72. The molecule has 136 valence electrons. The molecule has 0 atom stereocenters. The van der Waals surface area contributed by atoms with E-state index in [1.165, 1.54) is 38.5 Å². The van der Waals surface area contributed by atoms with Gasteiger partial charge >= 0.3 is 0 Å². The summed E-state index contributed by atoms with van der Waals surface area (Å²) in [7, 11) is 1.67. The van der Waals surface area contributed by atoms with Gasteiger partial charge in [-0.25, -0.2) is 0 Å². The van der Waals surface area contributed by atoms with E-state index in [4.69, 9.17) is 0 Å². The molecule has 0 radical (unpaired) electrons. The standard InChI is InChI=1S/C20H34N2O2/c1-14(2)22(6-4-5-18(23)21-3)19(24)13-20-10-15-7-16(11-20)9-17(8-15)12-20/h14-17H,4-13H2,1-3H3,(H,21,23). The molecule has 4 heteroatoms. The Morgan fingerprint density at radius 2 is 1.62 bits per heavy atom. The van der Waals surface area contributed by atoms with Crippen LogP contribution in [-0.4, -0.2) is 36.3 Å². The van der Waals surface area contributed by atoms with Gasteiger partial charge in [0.25, 0.3) is 0 Å². The van der Waals surface area contributed by atoms with Crippen LogP contribution in [0.25, 0.3) is 0 Å². The van der Waals surface area contributed by atoms with Gasteiger partial charge in [0.15, 0.2) is 0 Å². The first-order valence-electron chi connectivity index (χ1n) is 9.91. The van der Waals surface area contributed by atoms with Gasteiger partial charge in [-0.1, -0.05) is 0 Å². The number of amides is 2. The Labute approximate surface area is 146 Å². The summed E-state index contributed by atoms with van der Waals surface area (Å²) in [6.07, 6.45) is 10.1. The van der Waals surface area contributed by atoms with Gasteiger partial charge in [-0.3, -0.25) is 9.59 Å². The van der Waals surface area contributed by atoms with E-state index in [1.54, 1.807) is 7.05 Å². The minimum Gasteiger partial charge on any atom is -0.359 e. The van der Waals surface area contributed by atoms with Gasteiger partial charge in [0, 0.05) is 32.5 Å². The predicted octanol–water partition coefficient (Wildman–Crippen LogP) is 3.36. The molecule has 1 N–H and O–H groups in total. The molecule has 24 heavy (non-hydrogen) atoms. The summed E-state index contributed by atoms with van der Waals surface area (Å²) in [6.45, 7) is 4.89. The van der Waals surface area contributed by atoms with E-state index in [-0.39, 0.29) is 11.9 Å². The van der Waals surface area contributed by atoms with E-state index in [0.717, 1.165) is 30.6 Å². The SMILES string of the molecule is CNC(=O)CCCN(C(=O)CC12CC3CC(CC(C3)C1)C2)C(C)C. The second kappa shape index (κ2) is 7.05. The fourth-order valence-electron chi connectivity index (χ4n) is 6.13. The van der Waals surface area contributed by atoms with Crippen LogP contribution >= 0.6 is 0 Å². The first kappa shape index (κ1) is 17.8. The van der Waals surface area contributed by atoms with Crippen molar-refractivity contribution in [2.24, 2.45) is 23.2 Å². The minimum atomic E-state index is 0.0623. The van der Waals surface area contributed by atoms with Crippen LogP contribution < -0.4 is 5.32 Å². The van der Waals surface area contributed by atoms with Crippen LogP contribution in [0.15, 0.2) is 0 Å². The van der Waals surface area contributed by atoms with Crippen LogP contribution in [0.4, 0.5) is 0 Å². The van der Waals surface area contributed by atoms with Crippen LogP contribution in [0.2, 0.25) is 0 Å². The minimum absolute atomic E-state index is 0.0623. The molecule has 4 fully saturated rings. The van der Waals surface area contributed by atoms with Crippen molar-refractivity contribution in [2.45, 2.75) is 77.7 Å². The third-order valence-corrected chi connectivity index (χ3v) is 6.72. The van der Waals surface area contributed by atoms with Crippen molar-refractivity contribution in [3.63, 3.8) is 0 Å². The number of hydrogen-bond donors (Lipinski definition) is 1. The Hall–Kier alpha value is -1.06. The monoisotopic (exact) mass is 334 g/mol. The van der Waals surface area contributed by atoms with Crippen molar-refractivity contribution < 1.29 is 9.59 Å².